The zero-order chi connectivity index (χ0) is 19.2. The van der Waals surface area contributed by atoms with Crippen molar-refractivity contribution in [3.05, 3.63) is 59.7 Å². The lowest BCUT2D eigenvalue weighted by Crippen LogP contribution is -2.39. The van der Waals surface area contributed by atoms with Gasteiger partial charge in [0.15, 0.2) is 0 Å². The monoisotopic (exact) mass is 366 g/mol. The van der Waals surface area contributed by atoms with Gasteiger partial charge in [0.05, 0.1) is 0 Å². The summed E-state index contributed by atoms with van der Waals surface area (Å²) >= 11 is 0. The van der Waals surface area contributed by atoms with Gasteiger partial charge in [-0.2, -0.15) is 0 Å². The maximum absolute atomic E-state index is 12.3. The fourth-order valence-electron chi connectivity index (χ4n) is 4.05. The number of carbonyl (C=O) groups is 1. The average molecular weight is 367 g/mol. The summed E-state index contributed by atoms with van der Waals surface area (Å²) in [6.07, 6.45) is 8.28. The van der Waals surface area contributed by atoms with Gasteiger partial charge in [0.2, 0.25) is 5.91 Å². The van der Waals surface area contributed by atoms with Crippen LogP contribution in [0.4, 0.5) is 0 Å². The molecule has 5 nitrogen and oxygen atoms in total. The van der Waals surface area contributed by atoms with Crippen LogP contribution in [-0.2, 0) is 11.3 Å². The molecule has 0 saturated carbocycles. The molecule has 0 aliphatic carbocycles. The molecule has 0 unspecified atom stereocenters. The Balaban J connectivity index is 1.66. The van der Waals surface area contributed by atoms with Crippen LogP contribution >= 0.6 is 0 Å². The van der Waals surface area contributed by atoms with E-state index in [9.17, 15) is 4.79 Å². The summed E-state index contributed by atoms with van der Waals surface area (Å²) in [5.74, 6) is 0.129. The molecule has 3 rings (SSSR count). The third-order valence-corrected chi connectivity index (χ3v) is 5.62. The van der Waals surface area contributed by atoms with Crippen molar-refractivity contribution in [1.82, 2.24) is 19.8 Å². The van der Waals surface area contributed by atoms with Crippen LogP contribution in [0.15, 0.2) is 43.0 Å². The highest BCUT2D eigenvalue weighted by Crippen LogP contribution is 2.26. The molecule has 27 heavy (non-hydrogen) atoms. The van der Waals surface area contributed by atoms with Gasteiger partial charge in [-0.15, -0.1) is 0 Å². The van der Waals surface area contributed by atoms with Gasteiger partial charge in [-0.1, -0.05) is 29.8 Å². The minimum atomic E-state index is 0.129. The second-order valence-corrected chi connectivity index (χ2v) is 7.60. The zero-order valence-corrected chi connectivity index (χ0v) is 16.6. The molecule has 5 heteroatoms. The summed E-state index contributed by atoms with van der Waals surface area (Å²) in [6.45, 7) is 8.78. The molecular formula is C22H30N4O. The van der Waals surface area contributed by atoms with Crippen molar-refractivity contribution in [2.75, 3.05) is 13.1 Å². The van der Waals surface area contributed by atoms with Crippen LogP contribution in [0.2, 0.25) is 0 Å². The molecular weight excluding hydrogens is 336 g/mol. The van der Waals surface area contributed by atoms with Crippen LogP contribution in [0.1, 0.15) is 55.8 Å². The minimum absolute atomic E-state index is 0.129. The van der Waals surface area contributed by atoms with Crippen LogP contribution < -0.4 is 0 Å². The Morgan fingerprint density at radius 2 is 2.04 bits per heavy atom. The third-order valence-electron chi connectivity index (χ3n) is 5.62. The Labute approximate surface area is 162 Å². The molecule has 0 bridgehead atoms. The minimum Gasteiger partial charge on any atom is -0.335 e. The van der Waals surface area contributed by atoms with Gasteiger partial charge in [0.25, 0.3) is 0 Å². The fourth-order valence-corrected chi connectivity index (χ4v) is 4.05. The van der Waals surface area contributed by atoms with Crippen molar-refractivity contribution in [2.45, 2.75) is 58.7 Å². The molecule has 1 saturated heterocycles. The van der Waals surface area contributed by atoms with Gasteiger partial charge in [-0.05, 0) is 45.2 Å². The second kappa shape index (κ2) is 9.09. The predicted octanol–water partition coefficient (Wildman–Crippen LogP) is 3.75. The van der Waals surface area contributed by atoms with E-state index in [0.29, 0.717) is 12.6 Å². The first-order valence-corrected chi connectivity index (χ1v) is 9.86. The molecule has 1 amide bonds. The van der Waals surface area contributed by atoms with E-state index in [2.05, 4.69) is 53.0 Å². The Kier molecular flexibility index (Phi) is 6.56. The topological polar surface area (TPSA) is 49.3 Å². The number of carbonyl (C=O) groups excluding carboxylic acids is 1. The van der Waals surface area contributed by atoms with Crippen molar-refractivity contribution in [2.24, 2.45) is 0 Å². The summed E-state index contributed by atoms with van der Waals surface area (Å²) in [7, 11) is 0. The van der Waals surface area contributed by atoms with Gasteiger partial charge < -0.3 is 4.90 Å². The zero-order valence-electron chi connectivity index (χ0n) is 16.6. The normalized spacial score (nSPS) is 19.3. The number of nitrogens with zero attached hydrogens (tertiary/aromatic N) is 4. The van der Waals surface area contributed by atoms with E-state index in [1.54, 1.807) is 19.3 Å². The Morgan fingerprint density at radius 1 is 1.26 bits per heavy atom. The first-order chi connectivity index (χ1) is 13.0. The molecule has 0 spiro atoms. The van der Waals surface area contributed by atoms with E-state index in [-0.39, 0.29) is 11.9 Å². The second-order valence-electron chi connectivity index (χ2n) is 7.60. The number of aromatic nitrogens is 2. The van der Waals surface area contributed by atoms with Gasteiger partial charge >= 0.3 is 0 Å². The highest BCUT2D eigenvalue weighted by molar-refractivity contribution is 5.73. The fraction of sp³-hybridized carbons (Fsp3) is 0.500. The number of hydrogen-bond acceptors (Lipinski definition) is 4. The molecule has 2 heterocycles. The number of amides is 1. The van der Waals surface area contributed by atoms with E-state index in [0.717, 1.165) is 37.9 Å². The molecule has 2 aromatic rings. The smallest absolute Gasteiger partial charge is 0.219 e. The van der Waals surface area contributed by atoms with E-state index in [4.69, 9.17) is 0 Å². The summed E-state index contributed by atoms with van der Waals surface area (Å²) < 4.78 is 0. The van der Waals surface area contributed by atoms with Crippen molar-refractivity contribution in [3.63, 3.8) is 0 Å². The largest absolute Gasteiger partial charge is 0.335 e. The quantitative estimate of drug-likeness (QED) is 0.809. The Hall–Kier alpha value is -2.27. The van der Waals surface area contributed by atoms with Crippen LogP contribution in [0.3, 0.4) is 0 Å². The summed E-state index contributed by atoms with van der Waals surface area (Å²) in [4.78, 5) is 25.0. The van der Waals surface area contributed by atoms with Crippen LogP contribution in [-0.4, -0.2) is 44.8 Å². The maximum Gasteiger partial charge on any atom is 0.219 e. The highest BCUT2D eigenvalue weighted by atomic mass is 16.2. The van der Waals surface area contributed by atoms with E-state index >= 15 is 0 Å². The number of aryl methyl sites for hydroxylation is 1. The Morgan fingerprint density at radius 3 is 2.74 bits per heavy atom. The van der Waals surface area contributed by atoms with Gasteiger partial charge in [-0.25, -0.2) is 9.97 Å². The van der Waals surface area contributed by atoms with E-state index in [1.807, 2.05) is 4.90 Å². The summed E-state index contributed by atoms with van der Waals surface area (Å²) in [5, 5.41) is 0. The van der Waals surface area contributed by atoms with Crippen LogP contribution in [0, 0.1) is 6.92 Å². The number of rotatable bonds is 5. The van der Waals surface area contributed by atoms with Crippen LogP contribution in [0.5, 0.6) is 0 Å². The third kappa shape index (κ3) is 5.13. The summed E-state index contributed by atoms with van der Waals surface area (Å²) in [5.41, 5.74) is 3.67. The predicted molar refractivity (Wildman–Crippen MR) is 107 cm³/mol. The Bertz CT molecular complexity index is 749. The average Bonchev–Trinajstić information content (AvgIpc) is 2.92. The molecule has 1 aliphatic heterocycles. The van der Waals surface area contributed by atoms with Crippen molar-refractivity contribution in [3.8, 4) is 0 Å². The van der Waals surface area contributed by atoms with Crippen LogP contribution in [0.25, 0.3) is 0 Å². The van der Waals surface area contributed by atoms with Crippen molar-refractivity contribution in [1.29, 1.82) is 0 Å². The van der Waals surface area contributed by atoms with Crippen molar-refractivity contribution < 1.29 is 4.79 Å². The lowest BCUT2D eigenvalue weighted by Gasteiger charge is -2.31. The van der Waals surface area contributed by atoms with E-state index in [1.165, 1.54) is 17.5 Å². The maximum atomic E-state index is 12.3. The molecule has 144 valence electrons. The van der Waals surface area contributed by atoms with Gasteiger partial charge in [0, 0.05) is 50.1 Å². The highest BCUT2D eigenvalue weighted by Gasteiger charge is 2.26. The first kappa shape index (κ1) is 19.5. The number of likely N-dealkylation sites (tertiary alicyclic amines) is 1. The lowest BCUT2D eigenvalue weighted by atomic mass is 10.0. The number of hydrogen-bond donors (Lipinski definition) is 0. The SMILES string of the molecule is CC(=O)N(Cc1cncnc1)[C@@H]1CCCN([C@@H](C)c2cccc(C)c2)CC1. The molecule has 0 radical (unpaired) electrons. The molecule has 1 aliphatic rings. The molecule has 1 fully saturated rings. The molecule has 1 aromatic carbocycles. The van der Waals surface area contributed by atoms with Gasteiger partial charge in [0.1, 0.15) is 6.33 Å². The first-order valence-electron chi connectivity index (χ1n) is 9.86. The van der Waals surface area contributed by atoms with E-state index < -0.39 is 0 Å². The molecule has 1 aromatic heterocycles. The van der Waals surface area contributed by atoms with Crippen molar-refractivity contribution >= 4 is 5.91 Å². The summed E-state index contributed by atoms with van der Waals surface area (Å²) in [6, 6.07) is 9.46. The standard InChI is InChI=1S/C22H30N4O/c1-17-6-4-7-21(12-17)18(2)25-10-5-8-22(9-11-25)26(19(3)27)15-20-13-23-16-24-14-20/h4,6-7,12-14,16,18,22H,5,8-11,15H2,1-3H3/t18-,22+/m0/s1. The number of benzene rings is 1. The molecule has 2 atom stereocenters. The molecule has 0 N–H and O–H groups in total. The lowest BCUT2D eigenvalue weighted by molar-refractivity contribution is -0.132. The van der Waals surface area contributed by atoms with Gasteiger partial charge in [-0.3, -0.25) is 9.69 Å².